The predicted molar refractivity (Wildman–Crippen MR) is 114 cm³/mol. The highest BCUT2D eigenvalue weighted by molar-refractivity contribution is 7.91. The number of phenols is 1. The number of aryl methyl sites for hydroxylation is 1. The fraction of sp³-hybridized carbons (Fsp3) is 0.348. The number of esters is 1. The number of rotatable bonds is 9. The van der Waals surface area contributed by atoms with Crippen molar-refractivity contribution in [3.63, 3.8) is 0 Å². The predicted octanol–water partition coefficient (Wildman–Crippen LogP) is 4.54. The summed E-state index contributed by atoms with van der Waals surface area (Å²) in [6.07, 6.45) is 5.64. The molecule has 0 aliphatic carbocycles. The van der Waals surface area contributed by atoms with E-state index in [2.05, 4.69) is 6.07 Å². The summed E-state index contributed by atoms with van der Waals surface area (Å²) in [6, 6.07) is 10.6. The molecule has 0 saturated heterocycles. The quantitative estimate of drug-likeness (QED) is 0.369. The monoisotopic (exact) mass is 416 g/mol. The number of phenolic OH excluding ortho intramolecular Hbond substituents is 1. The third kappa shape index (κ3) is 6.19. The van der Waals surface area contributed by atoms with Crippen molar-refractivity contribution < 1.29 is 23.1 Å². The molecule has 0 aliphatic heterocycles. The molecule has 0 saturated carbocycles. The molecule has 0 spiro atoms. The summed E-state index contributed by atoms with van der Waals surface area (Å²) in [7, 11) is -3.66. The largest absolute Gasteiger partial charge is 0.507 e. The second-order valence-electron chi connectivity index (χ2n) is 7.02. The second-order valence-corrected chi connectivity index (χ2v) is 9.02. The molecular formula is C23H28O5S. The van der Waals surface area contributed by atoms with E-state index in [1.807, 2.05) is 38.1 Å². The number of carbonyl (C=O) groups excluding carboxylic acids is 1. The van der Waals surface area contributed by atoms with Crippen LogP contribution < -0.4 is 0 Å². The Hall–Kier alpha value is -2.60. The van der Waals surface area contributed by atoms with Crippen LogP contribution in [0.4, 0.5) is 0 Å². The van der Waals surface area contributed by atoms with Crippen LogP contribution in [-0.4, -0.2) is 31.9 Å². The normalized spacial score (nSPS) is 11.7. The van der Waals surface area contributed by atoms with Crippen molar-refractivity contribution in [2.45, 2.75) is 44.9 Å². The molecule has 5 nitrogen and oxygen atoms in total. The number of sulfone groups is 1. The lowest BCUT2D eigenvalue weighted by Crippen LogP contribution is -2.13. The van der Waals surface area contributed by atoms with E-state index in [9.17, 15) is 18.3 Å². The van der Waals surface area contributed by atoms with Gasteiger partial charge in [0.2, 0.25) is 0 Å². The highest BCUT2D eigenvalue weighted by Crippen LogP contribution is 2.28. The van der Waals surface area contributed by atoms with Crippen molar-refractivity contribution in [1.82, 2.24) is 0 Å². The SMILES string of the molecule is CCCCOC(=O)c1c(O)ccc(S(=O)(=O)CC=CCc2cccc(C)c2)c1C. The van der Waals surface area contributed by atoms with Gasteiger partial charge in [0.05, 0.1) is 17.3 Å². The highest BCUT2D eigenvalue weighted by atomic mass is 32.2. The van der Waals surface area contributed by atoms with Crippen LogP contribution in [0, 0.1) is 13.8 Å². The first-order valence-corrected chi connectivity index (χ1v) is 11.3. The summed E-state index contributed by atoms with van der Waals surface area (Å²) < 4.78 is 30.7. The van der Waals surface area contributed by atoms with Crippen molar-refractivity contribution in [2.24, 2.45) is 0 Å². The number of hydrogen-bond acceptors (Lipinski definition) is 5. The van der Waals surface area contributed by atoms with Crippen molar-refractivity contribution in [3.8, 4) is 5.75 Å². The third-order valence-electron chi connectivity index (χ3n) is 4.58. The molecule has 0 amide bonds. The zero-order valence-corrected chi connectivity index (χ0v) is 18.0. The van der Waals surface area contributed by atoms with Gasteiger partial charge in [0.1, 0.15) is 11.3 Å². The Balaban J connectivity index is 2.16. The van der Waals surface area contributed by atoms with Crippen LogP contribution in [0.2, 0.25) is 0 Å². The molecule has 6 heteroatoms. The fourth-order valence-corrected chi connectivity index (χ4v) is 4.41. The van der Waals surface area contributed by atoms with E-state index in [0.717, 1.165) is 17.5 Å². The number of aromatic hydroxyl groups is 1. The van der Waals surface area contributed by atoms with E-state index in [-0.39, 0.29) is 34.1 Å². The van der Waals surface area contributed by atoms with Gasteiger partial charge in [-0.15, -0.1) is 0 Å². The molecule has 0 radical (unpaired) electrons. The van der Waals surface area contributed by atoms with Crippen LogP contribution in [0.5, 0.6) is 5.75 Å². The number of hydrogen-bond donors (Lipinski definition) is 1. The Bertz CT molecular complexity index is 990. The fourth-order valence-electron chi connectivity index (χ4n) is 3.00. The first kappa shape index (κ1) is 22.7. The lowest BCUT2D eigenvalue weighted by atomic mass is 10.1. The summed E-state index contributed by atoms with van der Waals surface area (Å²) in [4.78, 5) is 12.3. The number of carbonyl (C=O) groups is 1. The van der Waals surface area contributed by atoms with Crippen LogP contribution in [0.1, 0.15) is 46.8 Å². The summed E-state index contributed by atoms with van der Waals surface area (Å²) in [5.41, 5.74) is 2.38. The number of unbranched alkanes of at least 4 members (excludes halogenated alkanes) is 1. The van der Waals surface area contributed by atoms with E-state index in [1.54, 1.807) is 6.08 Å². The van der Waals surface area contributed by atoms with E-state index in [1.165, 1.54) is 19.1 Å². The van der Waals surface area contributed by atoms with Gasteiger partial charge < -0.3 is 9.84 Å². The Morgan fingerprint density at radius 3 is 2.59 bits per heavy atom. The van der Waals surface area contributed by atoms with Crippen molar-refractivity contribution in [3.05, 3.63) is 70.8 Å². The van der Waals surface area contributed by atoms with Crippen LogP contribution in [0.3, 0.4) is 0 Å². The van der Waals surface area contributed by atoms with Crippen LogP contribution in [0.25, 0.3) is 0 Å². The average Bonchev–Trinajstić information content (AvgIpc) is 2.65. The van der Waals surface area contributed by atoms with Gasteiger partial charge in [-0.3, -0.25) is 0 Å². The molecular weight excluding hydrogens is 388 g/mol. The van der Waals surface area contributed by atoms with E-state index >= 15 is 0 Å². The molecule has 1 N–H and O–H groups in total. The molecule has 0 heterocycles. The van der Waals surface area contributed by atoms with Crippen LogP contribution in [0.15, 0.2) is 53.4 Å². The number of allylic oxidation sites excluding steroid dienone is 1. The summed E-state index contributed by atoms with van der Waals surface area (Å²) >= 11 is 0. The number of benzene rings is 2. The van der Waals surface area contributed by atoms with Crippen molar-refractivity contribution >= 4 is 15.8 Å². The minimum absolute atomic E-state index is 0.0259. The van der Waals surface area contributed by atoms with E-state index < -0.39 is 15.8 Å². The molecule has 156 valence electrons. The lowest BCUT2D eigenvalue weighted by Gasteiger charge is -2.12. The zero-order chi connectivity index (χ0) is 21.4. The average molecular weight is 417 g/mol. The molecule has 0 aliphatic rings. The van der Waals surface area contributed by atoms with Crippen molar-refractivity contribution in [2.75, 3.05) is 12.4 Å². The topological polar surface area (TPSA) is 80.7 Å². The summed E-state index contributed by atoms with van der Waals surface area (Å²) in [5, 5.41) is 10.1. The van der Waals surface area contributed by atoms with Gasteiger partial charge in [-0.25, -0.2) is 13.2 Å². The minimum Gasteiger partial charge on any atom is -0.507 e. The maximum atomic E-state index is 12.8. The zero-order valence-electron chi connectivity index (χ0n) is 17.1. The lowest BCUT2D eigenvalue weighted by molar-refractivity contribution is 0.0495. The van der Waals surface area contributed by atoms with E-state index in [0.29, 0.717) is 12.8 Å². The molecule has 29 heavy (non-hydrogen) atoms. The molecule has 0 fully saturated rings. The first-order valence-electron chi connectivity index (χ1n) is 9.69. The van der Waals surface area contributed by atoms with Gasteiger partial charge in [-0.1, -0.05) is 55.3 Å². The third-order valence-corrected chi connectivity index (χ3v) is 6.33. The van der Waals surface area contributed by atoms with Crippen LogP contribution in [-0.2, 0) is 21.0 Å². The Morgan fingerprint density at radius 2 is 1.90 bits per heavy atom. The molecule has 2 rings (SSSR count). The minimum atomic E-state index is -3.66. The standard InChI is InChI=1S/C23H28O5S/c1-4-5-14-28-23(25)22-18(3)21(13-12-20(22)24)29(26,27)15-7-6-10-19-11-8-9-17(2)16-19/h6-9,11-13,16,24H,4-5,10,14-15H2,1-3H3. The Morgan fingerprint density at radius 1 is 1.14 bits per heavy atom. The van der Waals surface area contributed by atoms with Crippen molar-refractivity contribution in [1.29, 1.82) is 0 Å². The molecule has 0 unspecified atom stereocenters. The van der Waals surface area contributed by atoms with Gasteiger partial charge >= 0.3 is 5.97 Å². The second kappa shape index (κ2) is 10.3. The Labute approximate surface area is 173 Å². The maximum Gasteiger partial charge on any atom is 0.342 e. The Kier molecular flexibility index (Phi) is 8.02. The smallest absolute Gasteiger partial charge is 0.342 e. The maximum absolute atomic E-state index is 12.8. The summed E-state index contributed by atoms with van der Waals surface area (Å²) in [6.45, 7) is 5.72. The molecule has 0 bridgehead atoms. The molecule has 2 aromatic rings. The summed E-state index contributed by atoms with van der Waals surface area (Å²) in [5.74, 6) is -1.17. The molecule has 0 atom stereocenters. The van der Waals surface area contributed by atoms with E-state index in [4.69, 9.17) is 4.74 Å². The highest BCUT2D eigenvalue weighted by Gasteiger charge is 2.24. The van der Waals surface area contributed by atoms with Gasteiger partial charge in [-0.05, 0) is 49.9 Å². The number of ether oxygens (including phenoxy) is 1. The van der Waals surface area contributed by atoms with Gasteiger partial charge in [0, 0.05) is 0 Å². The molecule has 2 aromatic carbocycles. The first-order chi connectivity index (χ1) is 13.8. The van der Waals surface area contributed by atoms with Gasteiger partial charge in [-0.2, -0.15) is 0 Å². The van der Waals surface area contributed by atoms with Crippen LogP contribution >= 0.6 is 0 Å². The molecule has 0 aromatic heterocycles. The van der Waals surface area contributed by atoms with Gasteiger partial charge in [0.25, 0.3) is 0 Å². The van der Waals surface area contributed by atoms with Gasteiger partial charge in [0.15, 0.2) is 9.84 Å².